The molecule has 5 atom stereocenters. The number of aliphatic hydroxyl groups is 3. The average Bonchev–Trinajstić information content (AvgIpc) is 2.51. The number of nitrogens with two attached hydrogens (primary N) is 1. The summed E-state index contributed by atoms with van der Waals surface area (Å²) in [6.07, 6.45) is 0.854. The van der Waals surface area contributed by atoms with E-state index in [1.165, 1.54) is 6.92 Å². The summed E-state index contributed by atoms with van der Waals surface area (Å²) >= 11 is 0. The third-order valence-electron chi connectivity index (χ3n) is 3.68. The first kappa shape index (κ1) is 14.3. The highest BCUT2D eigenvalue weighted by atomic mass is 16.6. The van der Waals surface area contributed by atoms with Crippen LogP contribution in [0.3, 0.4) is 0 Å². The topological polar surface area (TPSA) is 111 Å². The van der Waals surface area contributed by atoms with Crippen LogP contribution < -0.4 is 11.1 Å². The van der Waals surface area contributed by atoms with Crippen molar-refractivity contribution in [2.24, 2.45) is 5.73 Å². The summed E-state index contributed by atoms with van der Waals surface area (Å²) in [4.78, 5) is 1.55. The Kier molecular flexibility index (Phi) is 3.36. The number of nitrogens with one attached hydrogen (secondary N) is 1. The van der Waals surface area contributed by atoms with E-state index in [4.69, 9.17) is 10.5 Å². The lowest BCUT2D eigenvalue weighted by molar-refractivity contribution is -0.133. The molecule has 7 heteroatoms. The van der Waals surface area contributed by atoms with E-state index in [1.807, 2.05) is 0 Å². The van der Waals surface area contributed by atoms with E-state index in [-0.39, 0.29) is 6.17 Å². The van der Waals surface area contributed by atoms with Gasteiger partial charge in [-0.25, -0.2) is 0 Å². The molecule has 0 saturated carbocycles. The molecule has 0 aliphatic carbocycles. The second kappa shape index (κ2) is 4.46. The molecule has 108 valence electrons. The van der Waals surface area contributed by atoms with E-state index < -0.39 is 30.1 Å². The van der Waals surface area contributed by atoms with Crippen LogP contribution in [0.15, 0.2) is 24.7 Å². The third-order valence-corrected chi connectivity index (χ3v) is 3.68. The molecule has 0 spiro atoms. The predicted octanol–water partition coefficient (Wildman–Crippen LogP) is -1.62. The largest absolute Gasteiger partial charge is 0.393 e. The second-order valence-corrected chi connectivity index (χ2v) is 5.43. The van der Waals surface area contributed by atoms with Crippen molar-refractivity contribution in [2.45, 2.75) is 43.5 Å². The van der Waals surface area contributed by atoms with Crippen LogP contribution in [0.1, 0.15) is 13.8 Å². The molecular formula is C12H21N3O4. The molecule has 0 radical (unpaired) electrons. The average molecular weight is 271 g/mol. The SMILES string of the molecule is C=C1NC(N)C=CN1[C@@H]1O[C@](C)(CO)[C@@H](O)[C@@]1(C)O. The van der Waals surface area contributed by atoms with E-state index in [2.05, 4.69) is 11.9 Å². The van der Waals surface area contributed by atoms with Gasteiger partial charge in [0.1, 0.15) is 23.1 Å². The predicted molar refractivity (Wildman–Crippen MR) is 68.2 cm³/mol. The number of nitrogens with zero attached hydrogens (tertiary/aromatic N) is 1. The second-order valence-electron chi connectivity index (χ2n) is 5.43. The molecule has 0 bridgehead atoms. The fourth-order valence-electron chi connectivity index (χ4n) is 2.46. The molecule has 1 saturated heterocycles. The van der Waals surface area contributed by atoms with Gasteiger partial charge in [0.25, 0.3) is 0 Å². The fourth-order valence-corrected chi connectivity index (χ4v) is 2.46. The normalized spacial score (nSPS) is 46.5. The lowest BCUT2D eigenvalue weighted by Crippen LogP contribution is -2.55. The van der Waals surface area contributed by atoms with Gasteiger partial charge < -0.3 is 36.0 Å². The van der Waals surface area contributed by atoms with E-state index in [9.17, 15) is 15.3 Å². The summed E-state index contributed by atoms with van der Waals surface area (Å²) in [7, 11) is 0. The van der Waals surface area contributed by atoms with E-state index in [0.717, 1.165) is 0 Å². The maximum absolute atomic E-state index is 10.5. The van der Waals surface area contributed by atoms with Gasteiger partial charge in [-0.15, -0.1) is 0 Å². The molecule has 7 nitrogen and oxygen atoms in total. The highest BCUT2D eigenvalue weighted by Gasteiger charge is 2.60. The number of hydrogen-bond acceptors (Lipinski definition) is 7. The lowest BCUT2D eigenvalue weighted by Gasteiger charge is -2.38. The van der Waals surface area contributed by atoms with Gasteiger partial charge in [-0.3, -0.25) is 0 Å². The Morgan fingerprint density at radius 2 is 2.21 bits per heavy atom. The maximum atomic E-state index is 10.5. The number of aliphatic hydroxyl groups excluding tert-OH is 2. The van der Waals surface area contributed by atoms with Gasteiger partial charge in [-0.2, -0.15) is 0 Å². The van der Waals surface area contributed by atoms with Crippen molar-refractivity contribution in [3.05, 3.63) is 24.7 Å². The third kappa shape index (κ3) is 2.13. The monoisotopic (exact) mass is 271 g/mol. The summed E-state index contributed by atoms with van der Waals surface area (Å²) < 4.78 is 5.65. The van der Waals surface area contributed by atoms with Crippen molar-refractivity contribution < 1.29 is 20.1 Å². The molecule has 0 amide bonds. The summed E-state index contributed by atoms with van der Waals surface area (Å²) in [6, 6.07) is 0. The number of hydrogen-bond donors (Lipinski definition) is 5. The molecule has 0 aromatic rings. The van der Waals surface area contributed by atoms with Crippen LogP contribution in [0.4, 0.5) is 0 Å². The summed E-state index contributed by atoms with van der Waals surface area (Å²) in [5, 5.41) is 32.9. The van der Waals surface area contributed by atoms with Crippen LogP contribution in [0.25, 0.3) is 0 Å². The van der Waals surface area contributed by atoms with Gasteiger partial charge in [0.05, 0.1) is 12.8 Å². The molecule has 19 heavy (non-hydrogen) atoms. The van der Waals surface area contributed by atoms with Gasteiger partial charge in [0.2, 0.25) is 0 Å². The lowest BCUT2D eigenvalue weighted by atomic mass is 9.89. The molecule has 1 fully saturated rings. The zero-order valence-electron chi connectivity index (χ0n) is 11.1. The molecule has 0 aromatic carbocycles. The van der Waals surface area contributed by atoms with Crippen molar-refractivity contribution in [2.75, 3.05) is 6.61 Å². The van der Waals surface area contributed by atoms with E-state index >= 15 is 0 Å². The highest BCUT2D eigenvalue weighted by Crippen LogP contribution is 2.40. The van der Waals surface area contributed by atoms with Crippen molar-refractivity contribution in [1.29, 1.82) is 0 Å². The van der Waals surface area contributed by atoms with Crippen molar-refractivity contribution in [3.63, 3.8) is 0 Å². The first-order chi connectivity index (χ1) is 8.72. The first-order valence-corrected chi connectivity index (χ1v) is 6.09. The van der Waals surface area contributed by atoms with Crippen LogP contribution in [0.2, 0.25) is 0 Å². The van der Waals surface area contributed by atoms with Crippen molar-refractivity contribution in [1.82, 2.24) is 10.2 Å². The Morgan fingerprint density at radius 3 is 2.68 bits per heavy atom. The molecule has 2 heterocycles. The number of rotatable bonds is 2. The minimum Gasteiger partial charge on any atom is -0.393 e. The van der Waals surface area contributed by atoms with Crippen molar-refractivity contribution >= 4 is 0 Å². The van der Waals surface area contributed by atoms with E-state index in [1.54, 1.807) is 24.1 Å². The Balaban J connectivity index is 2.30. The minimum absolute atomic E-state index is 0.357. The number of ether oxygens (including phenoxy) is 1. The standard InChI is InChI=1S/C12H21N3O4/c1-7-14-8(13)4-5-15(7)10-12(3,18)9(17)11(2,6-16)19-10/h4-5,8-10,14,16-18H,1,6,13H2,2-3H3/t8?,9-,10-,11-,12-/m1/s1. The Hall–Kier alpha value is -1.12. The Labute approximate surface area is 112 Å². The van der Waals surface area contributed by atoms with Gasteiger partial charge in [0.15, 0.2) is 6.23 Å². The van der Waals surface area contributed by atoms with Gasteiger partial charge in [-0.05, 0) is 19.9 Å². The Bertz CT molecular complexity index is 412. The van der Waals surface area contributed by atoms with Crippen LogP contribution in [-0.4, -0.2) is 56.5 Å². The summed E-state index contributed by atoms with van der Waals surface area (Å²) in [5.41, 5.74) is 2.89. The molecule has 2 aliphatic heterocycles. The summed E-state index contributed by atoms with van der Waals surface area (Å²) in [6.45, 7) is 6.40. The minimum atomic E-state index is -1.56. The van der Waals surface area contributed by atoms with Crippen LogP contribution in [0.5, 0.6) is 0 Å². The molecule has 2 rings (SSSR count). The Morgan fingerprint density at radius 1 is 1.58 bits per heavy atom. The fraction of sp³-hybridized carbons (Fsp3) is 0.667. The maximum Gasteiger partial charge on any atom is 0.167 e. The molecule has 0 aromatic heterocycles. The van der Waals surface area contributed by atoms with Gasteiger partial charge in [0, 0.05) is 6.20 Å². The van der Waals surface area contributed by atoms with Crippen LogP contribution >= 0.6 is 0 Å². The van der Waals surface area contributed by atoms with Crippen molar-refractivity contribution in [3.8, 4) is 0 Å². The molecule has 6 N–H and O–H groups in total. The zero-order chi connectivity index (χ0) is 14.4. The van der Waals surface area contributed by atoms with E-state index in [0.29, 0.717) is 5.82 Å². The smallest absolute Gasteiger partial charge is 0.167 e. The van der Waals surface area contributed by atoms with Crippen LogP contribution in [-0.2, 0) is 4.74 Å². The van der Waals surface area contributed by atoms with Crippen LogP contribution in [0, 0.1) is 0 Å². The molecule has 1 unspecified atom stereocenters. The first-order valence-electron chi connectivity index (χ1n) is 6.09. The van der Waals surface area contributed by atoms with Gasteiger partial charge in [-0.1, -0.05) is 6.58 Å². The summed E-state index contributed by atoms with van der Waals surface area (Å²) in [5.74, 6) is 0.453. The molecule has 2 aliphatic rings. The zero-order valence-corrected chi connectivity index (χ0v) is 11.1. The quantitative estimate of drug-likeness (QED) is 0.410. The molecular weight excluding hydrogens is 250 g/mol. The highest BCUT2D eigenvalue weighted by molar-refractivity contribution is 5.16. The van der Waals surface area contributed by atoms with Gasteiger partial charge >= 0.3 is 0 Å².